The molecule has 0 heterocycles. The van der Waals surface area contributed by atoms with Crippen molar-refractivity contribution < 1.29 is 22.5 Å². The number of carbonyl (C=O) groups excluding carboxylic acids is 1. The van der Waals surface area contributed by atoms with Gasteiger partial charge >= 0.3 is 5.97 Å². The normalized spacial score (nSPS) is 13.5. The molecular weight excluding hydrogens is 390 g/mol. The molecule has 0 aliphatic heterocycles. The highest BCUT2D eigenvalue weighted by Gasteiger charge is 2.27. The fourth-order valence-corrected chi connectivity index (χ4v) is 4.15. The van der Waals surface area contributed by atoms with E-state index in [0.717, 1.165) is 44.9 Å². The van der Waals surface area contributed by atoms with Crippen LogP contribution in [0.5, 0.6) is 0 Å². The fourth-order valence-electron chi connectivity index (χ4n) is 3.39. The van der Waals surface area contributed by atoms with E-state index in [-0.39, 0.29) is 25.1 Å². The molecule has 0 rings (SSSR count). The zero-order valence-corrected chi connectivity index (χ0v) is 20.2. The molecule has 0 saturated carbocycles. The van der Waals surface area contributed by atoms with Crippen molar-refractivity contribution in [3.8, 4) is 0 Å². The van der Waals surface area contributed by atoms with Gasteiger partial charge in [-0.1, -0.05) is 104 Å². The summed E-state index contributed by atoms with van der Waals surface area (Å²) in [6, 6.07) is 0. The van der Waals surface area contributed by atoms with Gasteiger partial charge in [-0.25, -0.2) is 8.42 Å². The van der Waals surface area contributed by atoms with Gasteiger partial charge in [-0.3, -0.25) is 4.79 Å². The van der Waals surface area contributed by atoms with Crippen molar-refractivity contribution in [2.45, 2.75) is 122 Å². The molecule has 2 unspecified atom stereocenters. The predicted octanol–water partition coefficient (Wildman–Crippen LogP) is 6.35. The highest BCUT2D eigenvalue weighted by molar-refractivity contribution is 7.87. The van der Waals surface area contributed by atoms with E-state index in [2.05, 4.69) is 13.8 Å². The van der Waals surface area contributed by atoms with E-state index in [4.69, 9.17) is 4.74 Å². The van der Waals surface area contributed by atoms with Gasteiger partial charge in [-0.05, 0) is 18.8 Å². The molecule has 4 N–H and O–H groups in total. The molecular formula is C22H47NO5S. The summed E-state index contributed by atoms with van der Waals surface area (Å²) in [4.78, 5) is 12.2. The fraction of sp³-hybridized carbons (Fsp3) is 0.955. The van der Waals surface area contributed by atoms with Crippen LogP contribution in [-0.2, 0) is 19.6 Å². The number of rotatable bonds is 19. The highest BCUT2D eigenvalue weighted by atomic mass is 32.2. The van der Waals surface area contributed by atoms with Crippen LogP contribution in [0.3, 0.4) is 0 Å². The summed E-state index contributed by atoms with van der Waals surface area (Å²) in [5, 5.41) is -1.55. The quantitative estimate of drug-likeness (QED) is 0.143. The number of hydrogen-bond donors (Lipinski definition) is 1. The Hall–Kier alpha value is -0.660. The van der Waals surface area contributed by atoms with Crippen molar-refractivity contribution in [1.29, 1.82) is 0 Å². The Morgan fingerprint density at radius 3 is 1.72 bits per heavy atom. The summed E-state index contributed by atoms with van der Waals surface area (Å²) >= 11 is 0. The maximum atomic E-state index is 12.2. The summed E-state index contributed by atoms with van der Waals surface area (Å²) in [6.07, 6.45) is 15.2. The first-order valence-corrected chi connectivity index (χ1v) is 12.9. The first-order valence-electron chi connectivity index (χ1n) is 11.5. The Bertz CT molecular complexity index is 482. The van der Waals surface area contributed by atoms with Gasteiger partial charge in [0.25, 0.3) is 0 Å². The van der Waals surface area contributed by atoms with Gasteiger partial charge in [0.15, 0.2) is 0 Å². The van der Waals surface area contributed by atoms with Gasteiger partial charge < -0.3 is 15.4 Å². The van der Waals surface area contributed by atoms with Crippen molar-refractivity contribution in [3.05, 3.63) is 0 Å². The number of carbonyl (C=O) groups is 1. The summed E-state index contributed by atoms with van der Waals surface area (Å²) in [6.45, 7) is 6.55. The maximum absolute atomic E-state index is 12.2. The molecule has 0 spiro atoms. The Morgan fingerprint density at radius 2 is 1.28 bits per heavy atom. The number of esters is 1. The van der Waals surface area contributed by atoms with E-state index in [9.17, 15) is 17.8 Å². The maximum Gasteiger partial charge on any atom is 0.323 e. The van der Waals surface area contributed by atoms with Crippen LogP contribution >= 0.6 is 0 Å². The third-order valence-electron chi connectivity index (χ3n) is 5.44. The molecule has 0 aromatic rings. The summed E-state index contributed by atoms with van der Waals surface area (Å²) in [5.41, 5.74) is 0. The van der Waals surface area contributed by atoms with Crippen molar-refractivity contribution in [2.75, 3.05) is 6.61 Å². The third kappa shape index (κ3) is 16.8. The van der Waals surface area contributed by atoms with Crippen LogP contribution in [0, 0.1) is 5.92 Å². The van der Waals surface area contributed by atoms with Crippen LogP contribution in [0.4, 0.5) is 0 Å². The molecule has 29 heavy (non-hydrogen) atoms. The SMILES string of the molecule is CCCCCCCCCCCCC(C(=O)OCC(CC)CCCC)S(=O)(=O)[O-].[NH4+]. The number of quaternary nitrogens is 1. The van der Waals surface area contributed by atoms with Gasteiger partial charge in [0.1, 0.15) is 15.4 Å². The summed E-state index contributed by atoms with van der Waals surface area (Å²) in [5.74, 6) is -0.628. The second-order valence-corrected chi connectivity index (χ2v) is 9.55. The largest absolute Gasteiger partial charge is 0.747 e. The average Bonchev–Trinajstić information content (AvgIpc) is 2.65. The molecule has 0 bridgehead atoms. The molecule has 0 aliphatic rings. The van der Waals surface area contributed by atoms with Crippen molar-refractivity contribution >= 4 is 16.1 Å². The van der Waals surface area contributed by atoms with E-state index >= 15 is 0 Å². The van der Waals surface area contributed by atoms with Gasteiger partial charge in [0.05, 0.1) is 6.61 Å². The minimum absolute atomic E-state index is 0. The second kappa shape index (κ2) is 19.3. The van der Waals surface area contributed by atoms with E-state index in [1.54, 1.807) is 0 Å². The molecule has 0 aromatic carbocycles. The predicted molar refractivity (Wildman–Crippen MR) is 120 cm³/mol. The van der Waals surface area contributed by atoms with E-state index in [0.29, 0.717) is 6.42 Å². The van der Waals surface area contributed by atoms with E-state index in [1.165, 1.54) is 38.5 Å². The molecule has 0 aliphatic carbocycles. The minimum atomic E-state index is -4.67. The Labute approximate surface area is 179 Å². The topological polar surface area (TPSA) is 120 Å². The molecule has 0 fully saturated rings. The molecule has 176 valence electrons. The van der Waals surface area contributed by atoms with Gasteiger partial charge in [0.2, 0.25) is 0 Å². The lowest BCUT2D eigenvalue weighted by Crippen LogP contribution is -2.33. The number of hydrogen-bond acceptors (Lipinski definition) is 5. The van der Waals surface area contributed by atoms with Crippen molar-refractivity contribution in [2.24, 2.45) is 5.92 Å². The lowest BCUT2D eigenvalue weighted by molar-refractivity contribution is -0.144. The first-order chi connectivity index (χ1) is 13.4. The Morgan fingerprint density at radius 1 is 0.793 bits per heavy atom. The number of ether oxygens (including phenoxy) is 1. The minimum Gasteiger partial charge on any atom is -0.747 e. The Balaban J connectivity index is 0. The van der Waals surface area contributed by atoms with Gasteiger partial charge in [0, 0.05) is 0 Å². The number of unbranched alkanes of at least 4 members (excludes halogenated alkanes) is 10. The van der Waals surface area contributed by atoms with Crippen molar-refractivity contribution in [3.63, 3.8) is 0 Å². The van der Waals surface area contributed by atoms with Gasteiger partial charge in [-0.15, -0.1) is 0 Å². The van der Waals surface area contributed by atoms with Crippen LogP contribution in [0.25, 0.3) is 0 Å². The van der Waals surface area contributed by atoms with Crippen LogP contribution in [0.2, 0.25) is 0 Å². The van der Waals surface area contributed by atoms with Crippen LogP contribution in [0.1, 0.15) is 117 Å². The monoisotopic (exact) mass is 437 g/mol. The lowest BCUT2D eigenvalue weighted by atomic mass is 10.0. The zero-order valence-electron chi connectivity index (χ0n) is 19.4. The average molecular weight is 438 g/mol. The van der Waals surface area contributed by atoms with Crippen LogP contribution in [0.15, 0.2) is 0 Å². The molecule has 6 nitrogen and oxygen atoms in total. The van der Waals surface area contributed by atoms with Crippen LogP contribution < -0.4 is 6.15 Å². The van der Waals surface area contributed by atoms with E-state index < -0.39 is 21.3 Å². The molecule has 0 amide bonds. The van der Waals surface area contributed by atoms with Gasteiger partial charge in [-0.2, -0.15) is 0 Å². The van der Waals surface area contributed by atoms with Crippen LogP contribution in [-0.4, -0.2) is 30.8 Å². The Kier molecular flexibility index (Phi) is 20.3. The second-order valence-electron chi connectivity index (χ2n) is 8.00. The highest BCUT2D eigenvalue weighted by Crippen LogP contribution is 2.17. The molecule has 0 saturated heterocycles. The summed E-state index contributed by atoms with van der Waals surface area (Å²) in [7, 11) is -4.67. The third-order valence-corrected chi connectivity index (χ3v) is 6.56. The molecule has 0 aromatic heterocycles. The summed E-state index contributed by atoms with van der Waals surface area (Å²) < 4.78 is 39.7. The molecule has 7 heteroatoms. The standard InChI is InChI=1S/C22H44O5S.H3N/c1-4-7-9-10-11-12-13-14-15-16-18-21(28(24,25)26)22(23)27-19-20(6-3)17-8-5-2;/h20-21H,4-19H2,1-3H3,(H,24,25,26);1H3. The molecule has 2 atom stereocenters. The first kappa shape index (κ1) is 30.5. The lowest BCUT2D eigenvalue weighted by Gasteiger charge is -2.21. The molecule has 0 radical (unpaired) electrons. The van der Waals surface area contributed by atoms with E-state index in [1.807, 2.05) is 6.92 Å². The van der Waals surface area contributed by atoms with Crippen molar-refractivity contribution in [1.82, 2.24) is 6.15 Å². The smallest absolute Gasteiger partial charge is 0.323 e. The zero-order chi connectivity index (χ0) is 21.3.